The smallest absolute Gasteiger partial charge is 0.128 e. The van der Waals surface area contributed by atoms with E-state index in [-0.39, 0.29) is 0 Å². The van der Waals surface area contributed by atoms with Crippen LogP contribution in [0.2, 0.25) is 0 Å². The monoisotopic (exact) mass is 269 g/mol. The number of rotatable bonds is 3. The van der Waals surface area contributed by atoms with Crippen LogP contribution in [-0.2, 0) is 0 Å². The van der Waals surface area contributed by atoms with E-state index in [1.807, 2.05) is 36.7 Å². The predicted molar refractivity (Wildman–Crippen MR) is 78.9 cm³/mol. The maximum Gasteiger partial charge on any atom is 0.128 e. The van der Waals surface area contributed by atoms with Crippen LogP contribution in [0.3, 0.4) is 0 Å². The molecule has 0 unspecified atom stereocenters. The molecule has 0 saturated carbocycles. The van der Waals surface area contributed by atoms with Crippen LogP contribution in [0.5, 0.6) is 5.75 Å². The lowest BCUT2D eigenvalue weighted by atomic mass is 9.96. The quantitative estimate of drug-likeness (QED) is 0.930. The number of hydrogen-bond acceptors (Lipinski definition) is 4. The average Bonchev–Trinajstić information content (AvgIpc) is 2.56. The molecular weight excluding hydrogens is 250 g/mol. The van der Waals surface area contributed by atoms with Gasteiger partial charge in [0.15, 0.2) is 0 Å². The highest BCUT2D eigenvalue weighted by Gasteiger charge is 2.17. The number of methoxy groups -OCH3 is 1. The summed E-state index contributed by atoms with van der Waals surface area (Å²) in [6.45, 7) is 2.12. The normalized spacial score (nSPS) is 18.8. The molecule has 0 spiro atoms. The van der Waals surface area contributed by atoms with E-state index in [4.69, 9.17) is 4.74 Å². The lowest BCUT2D eigenvalue weighted by Gasteiger charge is -2.21. The van der Waals surface area contributed by atoms with Gasteiger partial charge in [-0.15, -0.1) is 0 Å². The largest absolute Gasteiger partial charge is 0.496 e. The number of para-hydroxylation sites is 1. The molecule has 4 heteroatoms. The second-order valence-corrected chi connectivity index (χ2v) is 5.07. The van der Waals surface area contributed by atoms with Gasteiger partial charge < -0.3 is 10.1 Å². The van der Waals surface area contributed by atoms with Gasteiger partial charge in [-0.3, -0.25) is 9.97 Å². The molecule has 0 bridgehead atoms. The van der Waals surface area contributed by atoms with Crippen LogP contribution in [0, 0.1) is 0 Å². The number of benzene rings is 1. The molecule has 1 saturated heterocycles. The van der Waals surface area contributed by atoms with Crippen LogP contribution in [0.15, 0.2) is 36.7 Å². The van der Waals surface area contributed by atoms with Crippen LogP contribution in [0.4, 0.5) is 0 Å². The van der Waals surface area contributed by atoms with Gasteiger partial charge in [-0.1, -0.05) is 12.1 Å². The molecule has 2 aromatic rings. The summed E-state index contributed by atoms with van der Waals surface area (Å²) in [5.74, 6) is 1.32. The first-order chi connectivity index (χ1) is 9.88. The zero-order chi connectivity index (χ0) is 13.8. The maximum absolute atomic E-state index is 5.37. The first kappa shape index (κ1) is 13.1. The second kappa shape index (κ2) is 6.01. The summed E-state index contributed by atoms with van der Waals surface area (Å²) in [7, 11) is 1.67. The van der Waals surface area contributed by atoms with E-state index < -0.39 is 0 Å². The average molecular weight is 269 g/mol. The van der Waals surface area contributed by atoms with E-state index in [1.54, 1.807) is 7.11 Å². The zero-order valence-electron chi connectivity index (χ0n) is 11.7. The Hall–Kier alpha value is -1.94. The van der Waals surface area contributed by atoms with Gasteiger partial charge in [0.1, 0.15) is 5.75 Å². The summed E-state index contributed by atoms with van der Waals surface area (Å²) < 4.78 is 5.37. The van der Waals surface area contributed by atoms with Crippen molar-refractivity contribution in [2.24, 2.45) is 0 Å². The molecule has 1 N–H and O–H groups in total. The SMILES string of the molecule is COc1ccccc1-c1cnc([C@H]2CCCNC2)cn1. The lowest BCUT2D eigenvalue weighted by molar-refractivity contribution is 0.416. The van der Waals surface area contributed by atoms with Crippen molar-refractivity contribution in [3.05, 3.63) is 42.4 Å². The molecular formula is C16H19N3O. The third-order valence-electron chi connectivity index (χ3n) is 3.77. The number of piperidine rings is 1. The Morgan fingerprint density at radius 1 is 1.20 bits per heavy atom. The highest BCUT2D eigenvalue weighted by Crippen LogP contribution is 2.28. The summed E-state index contributed by atoms with van der Waals surface area (Å²) in [6.07, 6.45) is 6.15. The molecule has 0 amide bonds. The molecule has 1 atom stereocenters. The molecule has 1 aromatic carbocycles. The Morgan fingerprint density at radius 3 is 2.80 bits per heavy atom. The summed E-state index contributed by atoms with van der Waals surface area (Å²) in [4.78, 5) is 9.16. The van der Waals surface area contributed by atoms with Crippen LogP contribution in [-0.4, -0.2) is 30.2 Å². The van der Waals surface area contributed by atoms with E-state index in [0.29, 0.717) is 5.92 Å². The van der Waals surface area contributed by atoms with Crippen molar-refractivity contribution in [1.82, 2.24) is 15.3 Å². The molecule has 1 fully saturated rings. The molecule has 0 radical (unpaired) electrons. The first-order valence-corrected chi connectivity index (χ1v) is 7.04. The molecule has 104 valence electrons. The van der Waals surface area contributed by atoms with Crippen molar-refractivity contribution in [2.75, 3.05) is 20.2 Å². The molecule has 1 aromatic heterocycles. The van der Waals surface area contributed by atoms with Gasteiger partial charge in [0, 0.05) is 24.2 Å². The number of hydrogen-bond donors (Lipinski definition) is 1. The standard InChI is InChI=1S/C16H19N3O/c1-20-16-7-3-2-6-13(16)15-11-18-14(10-19-15)12-5-4-8-17-9-12/h2-3,6-7,10-12,17H,4-5,8-9H2,1H3/t12-/m0/s1. The van der Waals surface area contributed by atoms with E-state index in [2.05, 4.69) is 15.3 Å². The molecule has 1 aliphatic heterocycles. The highest BCUT2D eigenvalue weighted by molar-refractivity contribution is 5.66. The number of nitrogens with one attached hydrogen (secondary N) is 1. The Labute approximate surface area is 119 Å². The van der Waals surface area contributed by atoms with E-state index >= 15 is 0 Å². The van der Waals surface area contributed by atoms with Crippen LogP contribution in [0.25, 0.3) is 11.3 Å². The molecule has 0 aliphatic carbocycles. The van der Waals surface area contributed by atoms with E-state index in [0.717, 1.165) is 35.8 Å². The minimum atomic E-state index is 0.489. The van der Waals surface area contributed by atoms with Crippen molar-refractivity contribution in [1.29, 1.82) is 0 Å². The molecule has 1 aliphatic rings. The molecule has 20 heavy (non-hydrogen) atoms. The van der Waals surface area contributed by atoms with Crippen LogP contribution >= 0.6 is 0 Å². The highest BCUT2D eigenvalue weighted by atomic mass is 16.5. The van der Waals surface area contributed by atoms with Crippen LogP contribution < -0.4 is 10.1 Å². The van der Waals surface area contributed by atoms with Crippen LogP contribution in [0.1, 0.15) is 24.5 Å². The van der Waals surface area contributed by atoms with Gasteiger partial charge in [0.05, 0.1) is 24.7 Å². The van der Waals surface area contributed by atoms with Gasteiger partial charge in [0.25, 0.3) is 0 Å². The second-order valence-electron chi connectivity index (χ2n) is 5.07. The Morgan fingerprint density at radius 2 is 2.10 bits per heavy atom. The number of ether oxygens (including phenoxy) is 1. The fourth-order valence-corrected chi connectivity index (χ4v) is 2.65. The Bertz CT molecular complexity index is 562. The summed E-state index contributed by atoms with van der Waals surface area (Å²) in [6, 6.07) is 7.89. The lowest BCUT2D eigenvalue weighted by Crippen LogP contribution is -2.28. The van der Waals surface area contributed by atoms with Gasteiger partial charge in [0.2, 0.25) is 0 Å². The summed E-state index contributed by atoms with van der Waals surface area (Å²) in [5.41, 5.74) is 2.92. The van der Waals surface area contributed by atoms with Crippen molar-refractivity contribution in [2.45, 2.75) is 18.8 Å². The summed E-state index contributed by atoms with van der Waals surface area (Å²) in [5, 5.41) is 3.41. The van der Waals surface area contributed by atoms with E-state index in [9.17, 15) is 0 Å². The van der Waals surface area contributed by atoms with Crippen molar-refractivity contribution in [3.63, 3.8) is 0 Å². The minimum absolute atomic E-state index is 0.489. The first-order valence-electron chi connectivity index (χ1n) is 7.04. The third kappa shape index (κ3) is 2.65. The fraction of sp³-hybridized carbons (Fsp3) is 0.375. The molecule has 2 heterocycles. The van der Waals surface area contributed by atoms with Gasteiger partial charge >= 0.3 is 0 Å². The van der Waals surface area contributed by atoms with Gasteiger partial charge in [-0.2, -0.15) is 0 Å². The minimum Gasteiger partial charge on any atom is -0.496 e. The van der Waals surface area contributed by atoms with Crippen molar-refractivity contribution >= 4 is 0 Å². The third-order valence-corrected chi connectivity index (χ3v) is 3.77. The van der Waals surface area contributed by atoms with Gasteiger partial charge in [-0.25, -0.2) is 0 Å². The van der Waals surface area contributed by atoms with Gasteiger partial charge in [-0.05, 0) is 31.5 Å². The molecule has 4 nitrogen and oxygen atoms in total. The Balaban J connectivity index is 1.85. The summed E-state index contributed by atoms with van der Waals surface area (Å²) >= 11 is 0. The maximum atomic E-state index is 5.37. The fourth-order valence-electron chi connectivity index (χ4n) is 2.65. The topological polar surface area (TPSA) is 47.0 Å². The number of nitrogens with zero attached hydrogens (tertiary/aromatic N) is 2. The van der Waals surface area contributed by atoms with Crippen molar-refractivity contribution in [3.8, 4) is 17.0 Å². The van der Waals surface area contributed by atoms with Crippen molar-refractivity contribution < 1.29 is 4.74 Å². The zero-order valence-corrected chi connectivity index (χ0v) is 11.7. The number of aromatic nitrogens is 2. The molecule has 3 rings (SSSR count). The predicted octanol–water partition coefficient (Wildman–Crippen LogP) is 2.62. The van der Waals surface area contributed by atoms with E-state index in [1.165, 1.54) is 12.8 Å². The Kier molecular flexibility index (Phi) is 3.92.